The van der Waals surface area contributed by atoms with E-state index in [0.717, 1.165) is 78.2 Å². The van der Waals surface area contributed by atoms with Crippen molar-refractivity contribution < 1.29 is 9.53 Å². The first-order valence-corrected chi connectivity index (χ1v) is 11.6. The van der Waals surface area contributed by atoms with Gasteiger partial charge in [0, 0.05) is 55.8 Å². The predicted octanol–water partition coefficient (Wildman–Crippen LogP) is 2.99. The summed E-state index contributed by atoms with van der Waals surface area (Å²) in [5.41, 5.74) is 3.91. The van der Waals surface area contributed by atoms with Crippen LogP contribution >= 0.6 is 0 Å². The van der Waals surface area contributed by atoms with Crippen LogP contribution in [-0.4, -0.2) is 74.9 Å². The first-order valence-electron chi connectivity index (χ1n) is 11.6. The van der Waals surface area contributed by atoms with E-state index in [1.54, 1.807) is 6.92 Å². The van der Waals surface area contributed by atoms with E-state index in [2.05, 4.69) is 38.8 Å². The molecule has 0 bridgehead atoms. The number of piperidine rings is 1. The van der Waals surface area contributed by atoms with Gasteiger partial charge in [-0.1, -0.05) is 12.1 Å². The van der Waals surface area contributed by atoms with Gasteiger partial charge in [0.05, 0.1) is 36.5 Å². The highest BCUT2D eigenvalue weighted by molar-refractivity contribution is 6.01. The highest BCUT2D eigenvalue weighted by atomic mass is 16.5. The van der Waals surface area contributed by atoms with Gasteiger partial charge in [-0.05, 0) is 25.0 Å². The average molecular weight is 446 g/mol. The van der Waals surface area contributed by atoms with E-state index in [0.29, 0.717) is 13.2 Å². The number of aromatic amines is 1. The van der Waals surface area contributed by atoms with Crippen LogP contribution in [0.1, 0.15) is 25.8 Å². The Morgan fingerprint density at radius 2 is 1.88 bits per heavy atom. The molecule has 2 fully saturated rings. The number of likely N-dealkylation sites (tertiary alicyclic amines) is 1. The van der Waals surface area contributed by atoms with Crippen molar-refractivity contribution in [2.45, 2.75) is 25.8 Å². The van der Waals surface area contributed by atoms with Crippen LogP contribution in [0.25, 0.3) is 33.2 Å². The zero-order chi connectivity index (χ0) is 22.4. The first kappa shape index (κ1) is 20.2. The fourth-order valence-electron chi connectivity index (χ4n) is 5.01. The van der Waals surface area contributed by atoms with Crippen LogP contribution in [0, 0.1) is 0 Å². The fraction of sp³-hybridized carbons (Fsp3) is 0.417. The molecule has 1 N–H and O–H groups in total. The van der Waals surface area contributed by atoms with Gasteiger partial charge in [0.2, 0.25) is 11.9 Å². The lowest BCUT2D eigenvalue weighted by molar-refractivity contribution is -0.130. The molecule has 6 rings (SSSR count). The second-order valence-corrected chi connectivity index (χ2v) is 8.78. The van der Waals surface area contributed by atoms with E-state index < -0.39 is 0 Å². The number of H-pyrrole nitrogens is 1. The van der Waals surface area contributed by atoms with Gasteiger partial charge in [-0.3, -0.25) is 4.79 Å². The van der Waals surface area contributed by atoms with Crippen LogP contribution in [0.3, 0.4) is 0 Å². The van der Waals surface area contributed by atoms with E-state index in [1.807, 2.05) is 17.3 Å². The Morgan fingerprint density at radius 1 is 1.06 bits per heavy atom. The van der Waals surface area contributed by atoms with E-state index in [-0.39, 0.29) is 11.9 Å². The molecule has 1 amide bonds. The molecule has 0 unspecified atom stereocenters. The molecule has 5 heterocycles. The van der Waals surface area contributed by atoms with E-state index in [4.69, 9.17) is 19.8 Å². The molecule has 0 atom stereocenters. The Bertz CT molecular complexity index is 1310. The zero-order valence-corrected chi connectivity index (χ0v) is 18.7. The van der Waals surface area contributed by atoms with Gasteiger partial charge in [-0.15, -0.1) is 0 Å². The number of nitrogens with one attached hydrogen (secondary N) is 1. The lowest BCUT2D eigenvalue weighted by Gasteiger charge is -2.31. The number of carbonyl (C=O) groups is 1. The van der Waals surface area contributed by atoms with Crippen molar-refractivity contribution in [1.29, 1.82) is 0 Å². The van der Waals surface area contributed by atoms with Crippen LogP contribution in [0.5, 0.6) is 0 Å². The summed E-state index contributed by atoms with van der Waals surface area (Å²) in [5.74, 6) is 0.855. The number of rotatable bonds is 3. The summed E-state index contributed by atoms with van der Waals surface area (Å²) in [4.78, 5) is 29.3. The van der Waals surface area contributed by atoms with Crippen molar-refractivity contribution >= 4 is 33.8 Å². The van der Waals surface area contributed by atoms with Crippen LogP contribution in [0.15, 0.2) is 36.7 Å². The minimum Gasteiger partial charge on any atom is -0.378 e. The van der Waals surface area contributed by atoms with Crippen molar-refractivity contribution in [2.75, 3.05) is 44.3 Å². The van der Waals surface area contributed by atoms with Crippen molar-refractivity contribution in [1.82, 2.24) is 29.6 Å². The van der Waals surface area contributed by atoms with Crippen molar-refractivity contribution in [3.8, 4) is 11.3 Å². The second kappa shape index (κ2) is 8.15. The number of morpholine rings is 1. The predicted molar refractivity (Wildman–Crippen MR) is 126 cm³/mol. The molecule has 2 aliphatic rings. The Labute approximate surface area is 191 Å². The average Bonchev–Trinajstić information content (AvgIpc) is 3.51. The number of benzene rings is 1. The number of nitrogens with zero attached hydrogens (tertiary/aromatic N) is 6. The Hall–Kier alpha value is -3.46. The summed E-state index contributed by atoms with van der Waals surface area (Å²) in [7, 11) is 0. The lowest BCUT2D eigenvalue weighted by Crippen LogP contribution is -2.38. The van der Waals surface area contributed by atoms with E-state index in [9.17, 15) is 4.79 Å². The molecule has 33 heavy (non-hydrogen) atoms. The number of carbonyl (C=O) groups excluding carboxylic acids is 1. The van der Waals surface area contributed by atoms with Crippen LogP contribution in [0.4, 0.5) is 5.95 Å². The second-order valence-electron chi connectivity index (χ2n) is 8.78. The number of aromatic nitrogens is 5. The van der Waals surface area contributed by atoms with Crippen LogP contribution < -0.4 is 4.90 Å². The summed E-state index contributed by atoms with van der Waals surface area (Å²) in [6, 6.07) is 8.55. The molecule has 2 aliphatic heterocycles. The maximum Gasteiger partial charge on any atom is 0.228 e. The molecule has 0 spiro atoms. The van der Waals surface area contributed by atoms with Crippen molar-refractivity contribution in [3.63, 3.8) is 0 Å². The Morgan fingerprint density at radius 3 is 2.67 bits per heavy atom. The molecular weight excluding hydrogens is 418 g/mol. The Balaban J connectivity index is 1.49. The van der Waals surface area contributed by atoms with Crippen molar-refractivity contribution in [3.05, 3.63) is 36.7 Å². The fourth-order valence-corrected chi connectivity index (χ4v) is 5.01. The third kappa shape index (κ3) is 3.52. The van der Waals surface area contributed by atoms with Crippen LogP contribution in [0.2, 0.25) is 0 Å². The summed E-state index contributed by atoms with van der Waals surface area (Å²) in [5, 5.41) is 6.87. The number of ether oxygens (including phenoxy) is 1. The zero-order valence-electron chi connectivity index (χ0n) is 18.7. The number of anilines is 1. The molecule has 0 saturated carbocycles. The minimum absolute atomic E-state index is 0.137. The Kier molecular flexibility index (Phi) is 4.98. The van der Waals surface area contributed by atoms with Crippen LogP contribution in [-0.2, 0) is 9.53 Å². The highest BCUT2D eigenvalue weighted by Crippen LogP contribution is 2.35. The minimum atomic E-state index is 0.137. The van der Waals surface area contributed by atoms with Gasteiger partial charge in [-0.25, -0.2) is 9.67 Å². The molecule has 9 nitrogen and oxygen atoms in total. The summed E-state index contributed by atoms with van der Waals surface area (Å²) in [6.45, 7) is 6.02. The number of hydrogen-bond donors (Lipinski definition) is 1. The molecule has 170 valence electrons. The van der Waals surface area contributed by atoms with Gasteiger partial charge in [-0.2, -0.15) is 10.1 Å². The summed E-state index contributed by atoms with van der Waals surface area (Å²) in [6.07, 6.45) is 5.60. The highest BCUT2D eigenvalue weighted by Gasteiger charge is 2.26. The molecule has 0 aliphatic carbocycles. The van der Waals surface area contributed by atoms with E-state index >= 15 is 0 Å². The molecule has 1 aromatic carbocycles. The van der Waals surface area contributed by atoms with Gasteiger partial charge < -0.3 is 19.5 Å². The van der Waals surface area contributed by atoms with Gasteiger partial charge >= 0.3 is 0 Å². The number of hydrogen-bond acceptors (Lipinski definition) is 6. The number of amides is 1. The normalized spacial score (nSPS) is 17.8. The molecule has 3 aromatic heterocycles. The maximum absolute atomic E-state index is 11.8. The monoisotopic (exact) mass is 445 g/mol. The first-order chi connectivity index (χ1) is 16.2. The summed E-state index contributed by atoms with van der Waals surface area (Å²) >= 11 is 0. The molecule has 4 aromatic rings. The molecule has 2 saturated heterocycles. The quantitative estimate of drug-likeness (QED) is 0.521. The van der Waals surface area contributed by atoms with Gasteiger partial charge in [0.1, 0.15) is 0 Å². The van der Waals surface area contributed by atoms with E-state index in [1.165, 1.54) is 0 Å². The third-order valence-electron chi connectivity index (χ3n) is 6.84. The maximum atomic E-state index is 11.8. The molecule has 9 heteroatoms. The third-order valence-corrected chi connectivity index (χ3v) is 6.84. The van der Waals surface area contributed by atoms with Crippen molar-refractivity contribution in [2.24, 2.45) is 0 Å². The molecule has 0 radical (unpaired) electrons. The smallest absolute Gasteiger partial charge is 0.228 e. The SMILES string of the molecule is CC(=O)N1CCC(n2ncc3c(-c4cccc5[nH]ccc45)nc(N4CCOCC4)nc32)CC1. The van der Waals surface area contributed by atoms with Gasteiger partial charge in [0.15, 0.2) is 5.65 Å². The largest absolute Gasteiger partial charge is 0.378 e. The summed E-state index contributed by atoms with van der Waals surface area (Å²) < 4.78 is 7.61. The lowest BCUT2D eigenvalue weighted by atomic mass is 10.0. The number of fused-ring (bicyclic) bond motifs is 2. The molecular formula is C24H27N7O2. The van der Waals surface area contributed by atoms with Gasteiger partial charge in [0.25, 0.3) is 0 Å². The topological polar surface area (TPSA) is 92.2 Å². The standard InChI is InChI=1S/C24H27N7O2/c1-16(32)29-9-6-17(7-10-29)31-23-20(15-26-31)22(19-3-2-4-21-18(19)5-8-25-21)27-24(28-23)30-11-13-33-14-12-30/h2-5,8,15,17,25H,6-7,9-14H2,1H3.